The molecule has 0 heterocycles. The summed E-state index contributed by atoms with van der Waals surface area (Å²) in [6.07, 6.45) is 0.471. The van der Waals surface area contributed by atoms with Crippen LogP contribution in [0.25, 0.3) is 0 Å². The standard InChI is InChI=1S/C3H8O3S.FH.K/c1-2-3-7(4,5)6;;/h2-3H2,1H3,(H,4,5,6);1H;. The van der Waals surface area contributed by atoms with Gasteiger partial charge in [-0.05, 0) is 6.42 Å². The largest absolute Gasteiger partial charge is 0.286 e. The summed E-state index contributed by atoms with van der Waals surface area (Å²) in [5.41, 5.74) is 0. The fourth-order valence-electron chi connectivity index (χ4n) is 0.258. The molecule has 0 bridgehead atoms. The molecule has 1 radical (unpaired) electrons. The minimum Gasteiger partial charge on any atom is -0.286 e. The number of rotatable bonds is 2. The van der Waals surface area contributed by atoms with Gasteiger partial charge in [0.15, 0.2) is 0 Å². The first-order valence-corrected chi connectivity index (χ1v) is 3.62. The molecule has 0 rings (SSSR count). The van der Waals surface area contributed by atoms with Crippen LogP contribution in [0.3, 0.4) is 0 Å². The van der Waals surface area contributed by atoms with Crippen LogP contribution in [0.1, 0.15) is 13.3 Å². The zero-order valence-electron chi connectivity index (χ0n) is 5.49. The zero-order chi connectivity index (χ0) is 5.91. The third-order valence-corrected chi connectivity index (χ3v) is 1.39. The van der Waals surface area contributed by atoms with Gasteiger partial charge in [0.1, 0.15) is 0 Å². The third-order valence-electron chi connectivity index (χ3n) is 0.462. The van der Waals surface area contributed by atoms with Gasteiger partial charge in [-0.1, -0.05) is 6.92 Å². The second kappa shape index (κ2) is 7.58. The van der Waals surface area contributed by atoms with Crippen molar-refractivity contribution in [2.75, 3.05) is 5.75 Å². The van der Waals surface area contributed by atoms with Gasteiger partial charge in [0.05, 0.1) is 5.75 Å². The van der Waals surface area contributed by atoms with E-state index in [9.17, 15) is 8.42 Å². The summed E-state index contributed by atoms with van der Waals surface area (Å²) in [5, 5.41) is 0. The summed E-state index contributed by atoms with van der Waals surface area (Å²) < 4.78 is 27.6. The van der Waals surface area contributed by atoms with Crippen molar-refractivity contribution in [3.05, 3.63) is 0 Å². The first kappa shape index (κ1) is 16.8. The average Bonchev–Trinajstić information content (AvgIpc) is 1.30. The van der Waals surface area contributed by atoms with Gasteiger partial charge in [0.2, 0.25) is 0 Å². The summed E-state index contributed by atoms with van der Waals surface area (Å²) >= 11 is 0. The molecule has 0 amide bonds. The van der Waals surface area contributed by atoms with E-state index in [0.29, 0.717) is 6.42 Å². The second-order valence-electron chi connectivity index (χ2n) is 1.29. The smallest absolute Gasteiger partial charge is 0.264 e. The molecule has 9 heavy (non-hydrogen) atoms. The molecule has 0 atom stereocenters. The van der Waals surface area contributed by atoms with Crippen molar-refractivity contribution >= 4 is 61.5 Å². The van der Waals surface area contributed by atoms with Gasteiger partial charge in [-0.15, -0.1) is 0 Å². The van der Waals surface area contributed by atoms with Crippen LogP contribution >= 0.6 is 0 Å². The van der Waals surface area contributed by atoms with Crippen LogP contribution in [0, 0.1) is 0 Å². The van der Waals surface area contributed by atoms with E-state index in [1.54, 1.807) is 6.92 Å². The molecule has 0 saturated heterocycles. The topological polar surface area (TPSA) is 54.4 Å². The number of hydrogen-bond acceptors (Lipinski definition) is 2. The minimum absolute atomic E-state index is 0. The summed E-state index contributed by atoms with van der Waals surface area (Å²) in [6, 6.07) is 0. The molecule has 0 aromatic heterocycles. The molecule has 0 aliphatic carbocycles. The van der Waals surface area contributed by atoms with Crippen molar-refractivity contribution < 1.29 is 17.7 Å². The van der Waals surface area contributed by atoms with Gasteiger partial charge in [-0.25, -0.2) is 0 Å². The van der Waals surface area contributed by atoms with Crippen LogP contribution < -0.4 is 0 Å². The van der Waals surface area contributed by atoms with Crippen molar-refractivity contribution in [2.24, 2.45) is 0 Å². The number of hydrogen-bond donors (Lipinski definition) is 1. The van der Waals surface area contributed by atoms with Crippen molar-refractivity contribution in [1.82, 2.24) is 0 Å². The Morgan fingerprint density at radius 2 is 1.78 bits per heavy atom. The molecule has 0 aromatic carbocycles. The Labute approximate surface area is 96.7 Å². The maximum absolute atomic E-state index is 9.79. The van der Waals surface area contributed by atoms with Gasteiger partial charge in [0.25, 0.3) is 10.1 Å². The first-order chi connectivity index (χ1) is 3.06. The first-order valence-electron chi connectivity index (χ1n) is 2.01. The summed E-state index contributed by atoms with van der Waals surface area (Å²) in [4.78, 5) is 0. The normalized spacial score (nSPS) is 9.11. The molecule has 0 aromatic rings. The molecule has 0 aliphatic heterocycles. The average molecular weight is 183 g/mol. The molecule has 0 fully saturated rings. The predicted octanol–water partition coefficient (Wildman–Crippen LogP) is 0.0559. The van der Waals surface area contributed by atoms with Crippen LogP contribution in [0.15, 0.2) is 0 Å². The maximum atomic E-state index is 9.79. The Bertz CT molecular complexity index is 132. The van der Waals surface area contributed by atoms with Gasteiger partial charge >= 0.3 is 0 Å². The fourth-order valence-corrected chi connectivity index (χ4v) is 0.774. The van der Waals surface area contributed by atoms with E-state index in [0.717, 1.165) is 0 Å². The molecule has 0 spiro atoms. The van der Waals surface area contributed by atoms with Crippen molar-refractivity contribution in [3.8, 4) is 0 Å². The molecular weight excluding hydrogens is 174 g/mol. The Morgan fingerprint density at radius 1 is 1.44 bits per heavy atom. The minimum atomic E-state index is -3.67. The van der Waals surface area contributed by atoms with Crippen molar-refractivity contribution in [3.63, 3.8) is 0 Å². The van der Waals surface area contributed by atoms with Crippen LogP contribution in [0.2, 0.25) is 0 Å². The van der Waals surface area contributed by atoms with E-state index in [1.165, 1.54) is 0 Å². The Morgan fingerprint density at radius 3 is 1.78 bits per heavy atom. The fraction of sp³-hybridized carbons (Fsp3) is 1.00. The molecule has 0 aliphatic rings. The Hall–Kier alpha value is 1.48. The quantitative estimate of drug-likeness (QED) is 0.486. The van der Waals surface area contributed by atoms with Crippen LogP contribution in [0.4, 0.5) is 4.70 Å². The van der Waals surface area contributed by atoms with E-state index >= 15 is 0 Å². The molecule has 53 valence electrons. The zero-order valence-corrected chi connectivity index (χ0v) is 9.43. The van der Waals surface area contributed by atoms with Crippen LogP contribution in [0.5, 0.6) is 0 Å². The summed E-state index contributed by atoms with van der Waals surface area (Å²) in [5.74, 6) is -0.132. The third kappa shape index (κ3) is 17.7. The molecule has 1 N–H and O–H groups in total. The summed E-state index contributed by atoms with van der Waals surface area (Å²) in [6.45, 7) is 1.69. The van der Waals surface area contributed by atoms with Gasteiger partial charge < -0.3 is 0 Å². The Balaban J connectivity index is -0.000000180. The molecular formula is C3H9FKO3S. The number of halogens is 1. The van der Waals surface area contributed by atoms with E-state index in [2.05, 4.69) is 0 Å². The second-order valence-corrected chi connectivity index (χ2v) is 2.86. The SMILES string of the molecule is CCCS(=O)(=O)O.F.[K]. The van der Waals surface area contributed by atoms with Crippen molar-refractivity contribution in [1.29, 1.82) is 0 Å². The Kier molecular flexibility index (Phi) is 14.2. The van der Waals surface area contributed by atoms with E-state index in [4.69, 9.17) is 4.55 Å². The van der Waals surface area contributed by atoms with Crippen LogP contribution in [-0.2, 0) is 10.1 Å². The van der Waals surface area contributed by atoms with Gasteiger partial charge in [-0.3, -0.25) is 9.26 Å². The van der Waals surface area contributed by atoms with Gasteiger partial charge in [-0.2, -0.15) is 8.42 Å². The molecule has 0 unspecified atom stereocenters. The molecule has 6 heteroatoms. The maximum Gasteiger partial charge on any atom is 0.264 e. The summed E-state index contributed by atoms with van der Waals surface area (Å²) in [7, 11) is -3.67. The predicted molar refractivity (Wildman–Crippen MR) is 35.0 cm³/mol. The molecule has 3 nitrogen and oxygen atoms in total. The van der Waals surface area contributed by atoms with E-state index < -0.39 is 10.1 Å². The van der Waals surface area contributed by atoms with Crippen molar-refractivity contribution in [2.45, 2.75) is 13.3 Å². The van der Waals surface area contributed by atoms with E-state index in [-0.39, 0.29) is 61.8 Å². The van der Waals surface area contributed by atoms with Crippen LogP contribution in [-0.4, -0.2) is 70.1 Å². The van der Waals surface area contributed by atoms with E-state index in [1.807, 2.05) is 0 Å². The molecule has 0 saturated carbocycles. The monoisotopic (exact) mass is 183 g/mol. The van der Waals surface area contributed by atoms with Gasteiger partial charge in [0, 0.05) is 51.4 Å².